The number of amides is 1. The fourth-order valence-electron chi connectivity index (χ4n) is 2.22. The van der Waals surface area contributed by atoms with Crippen molar-refractivity contribution in [2.45, 2.75) is 52.7 Å². The zero-order valence-electron chi connectivity index (χ0n) is 11.5. The second-order valence-electron chi connectivity index (χ2n) is 5.17. The minimum absolute atomic E-state index is 0.0536. The molecular formula is C13H21N3O2. The summed E-state index contributed by atoms with van der Waals surface area (Å²) in [6.07, 6.45) is 0.857. The molecule has 1 N–H and O–H groups in total. The van der Waals surface area contributed by atoms with Gasteiger partial charge in [-0.05, 0) is 20.3 Å². The van der Waals surface area contributed by atoms with Crippen molar-refractivity contribution in [1.29, 1.82) is 0 Å². The maximum atomic E-state index is 12.1. The number of carbonyl (C=O) groups is 1. The number of rotatable bonds is 4. The first kappa shape index (κ1) is 13.1. The monoisotopic (exact) mass is 251 g/mol. The van der Waals surface area contributed by atoms with E-state index in [0.717, 1.165) is 24.4 Å². The molecule has 1 atom stereocenters. The molecule has 5 heteroatoms. The lowest BCUT2D eigenvalue weighted by Gasteiger charge is -2.16. The van der Waals surface area contributed by atoms with Gasteiger partial charge >= 0.3 is 0 Å². The molecule has 1 fully saturated rings. The van der Waals surface area contributed by atoms with Gasteiger partial charge in [0.05, 0.1) is 18.3 Å². The first-order valence-corrected chi connectivity index (χ1v) is 6.45. The van der Waals surface area contributed by atoms with Crippen LogP contribution in [0.25, 0.3) is 0 Å². The third kappa shape index (κ3) is 2.72. The SMILES string of the molecule is Cc1nc(CN2CCC(NC(C)C)C2=O)oc1C. The first-order chi connectivity index (χ1) is 8.47. The molecular weight excluding hydrogens is 230 g/mol. The standard InChI is InChI=1S/C13H21N3O2/c1-8(2)14-11-5-6-16(13(11)17)7-12-15-9(3)10(4)18-12/h8,11,14H,5-7H2,1-4H3. The fourth-order valence-corrected chi connectivity index (χ4v) is 2.22. The zero-order valence-corrected chi connectivity index (χ0v) is 11.5. The van der Waals surface area contributed by atoms with Crippen LogP contribution in [-0.4, -0.2) is 34.4 Å². The summed E-state index contributed by atoms with van der Waals surface area (Å²) < 4.78 is 5.52. The van der Waals surface area contributed by atoms with Crippen LogP contribution in [0.2, 0.25) is 0 Å². The molecule has 0 aromatic carbocycles. The van der Waals surface area contributed by atoms with E-state index in [1.807, 2.05) is 18.7 Å². The summed E-state index contributed by atoms with van der Waals surface area (Å²) in [4.78, 5) is 18.3. The van der Waals surface area contributed by atoms with Gasteiger partial charge in [0.15, 0.2) is 0 Å². The lowest BCUT2D eigenvalue weighted by atomic mass is 10.2. The van der Waals surface area contributed by atoms with E-state index in [0.29, 0.717) is 18.5 Å². The number of carbonyl (C=O) groups excluding carboxylic acids is 1. The van der Waals surface area contributed by atoms with Gasteiger partial charge in [0.2, 0.25) is 11.8 Å². The molecule has 18 heavy (non-hydrogen) atoms. The van der Waals surface area contributed by atoms with E-state index in [1.165, 1.54) is 0 Å². The van der Waals surface area contributed by atoms with Gasteiger partial charge in [-0.15, -0.1) is 0 Å². The Morgan fingerprint density at radius 1 is 1.50 bits per heavy atom. The number of oxazole rings is 1. The lowest BCUT2D eigenvalue weighted by Crippen LogP contribution is -2.41. The molecule has 0 radical (unpaired) electrons. The van der Waals surface area contributed by atoms with Crippen LogP contribution in [0.3, 0.4) is 0 Å². The van der Waals surface area contributed by atoms with Gasteiger partial charge in [-0.3, -0.25) is 4.79 Å². The van der Waals surface area contributed by atoms with Crippen LogP contribution >= 0.6 is 0 Å². The third-order valence-corrected chi connectivity index (χ3v) is 3.23. The average Bonchev–Trinajstić information content (AvgIpc) is 2.76. The molecule has 0 bridgehead atoms. The molecule has 1 aromatic rings. The molecule has 5 nitrogen and oxygen atoms in total. The summed E-state index contributed by atoms with van der Waals surface area (Å²) in [5, 5.41) is 3.28. The molecule has 100 valence electrons. The van der Waals surface area contributed by atoms with Crippen LogP contribution in [0, 0.1) is 13.8 Å². The molecule has 2 heterocycles. The lowest BCUT2D eigenvalue weighted by molar-refractivity contribution is -0.130. The second kappa shape index (κ2) is 5.10. The summed E-state index contributed by atoms with van der Waals surface area (Å²) in [7, 11) is 0. The highest BCUT2D eigenvalue weighted by Gasteiger charge is 2.32. The van der Waals surface area contributed by atoms with Crippen molar-refractivity contribution in [3.05, 3.63) is 17.3 Å². The van der Waals surface area contributed by atoms with Crippen molar-refractivity contribution in [3.63, 3.8) is 0 Å². The van der Waals surface area contributed by atoms with Crippen LogP contribution in [0.15, 0.2) is 4.42 Å². The molecule has 0 spiro atoms. The van der Waals surface area contributed by atoms with Crippen LogP contribution in [0.4, 0.5) is 0 Å². The molecule has 2 rings (SSSR count). The van der Waals surface area contributed by atoms with E-state index >= 15 is 0 Å². The van der Waals surface area contributed by atoms with Crippen molar-refractivity contribution in [2.24, 2.45) is 0 Å². The smallest absolute Gasteiger partial charge is 0.240 e. The number of nitrogens with zero attached hydrogens (tertiary/aromatic N) is 2. The summed E-state index contributed by atoms with van der Waals surface area (Å²) in [5.41, 5.74) is 0.897. The van der Waals surface area contributed by atoms with Crippen LogP contribution in [-0.2, 0) is 11.3 Å². The number of hydrogen-bond acceptors (Lipinski definition) is 4. The van der Waals surface area contributed by atoms with Gasteiger partial charge in [0, 0.05) is 12.6 Å². The highest BCUT2D eigenvalue weighted by Crippen LogP contribution is 2.17. The first-order valence-electron chi connectivity index (χ1n) is 6.45. The van der Waals surface area contributed by atoms with Crippen molar-refractivity contribution in [3.8, 4) is 0 Å². The maximum absolute atomic E-state index is 12.1. The van der Waals surface area contributed by atoms with Gasteiger partial charge in [-0.25, -0.2) is 4.98 Å². The molecule has 1 saturated heterocycles. The molecule has 1 aliphatic heterocycles. The van der Waals surface area contributed by atoms with Crippen molar-refractivity contribution < 1.29 is 9.21 Å². The van der Waals surface area contributed by atoms with E-state index in [-0.39, 0.29) is 11.9 Å². The number of aryl methyl sites for hydroxylation is 2. The van der Waals surface area contributed by atoms with E-state index in [4.69, 9.17) is 4.42 Å². The molecule has 0 aliphatic carbocycles. The maximum Gasteiger partial charge on any atom is 0.240 e. The fraction of sp³-hybridized carbons (Fsp3) is 0.692. The molecule has 1 aliphatic rings. The van der Waals surface area contributed by atoms with Crippen LogP contribution in [0.1, 0.15) is 37.6 Å². The van der Waals surface area contributed by atoms with Gasteiger partial charge in [-0.1, -0.05) is 13.8 Å². The number of nitrogens with one attached hydrogen (secondary N) is 1. The van der Waals surface area contributed by atoms with Gasteiger partial charge < -0.3 is 14.6 Å². The zero-order chi connectivity index (χ0) is 13.3. The third-order valence-electron chi connectivity index (χ3n) is 3.23. The highest BCUT2D eigenvalue weighted by molar-refractivity contribution is 5.83. The predicted octanol–water partition coefficient (Wildman–Crippen LogP) is 1.39. The van der Waals surface area contributed by atoms with Crippen molar-refractivity contribution >= 4 is 5.91 Å². The Morgan fingerprint density at radius 2 is 2.22 bits per heavy atom. The van der Waals surface area contributed by atoms with E-state index in [2.05, 4.69) is 24.1 Å². The molecule has 0 saturated carbocycles. The van der Waals surface area contributed by atoms with Crippen LogP contribution < -0.4 is 5.32 Å². The Balaban J connectivity index is 1.97. The largest absolute Gasteiger partial charge is 0.444 e. The van der Waals surface area contributed by atoms with E-state index in [1.54, 1.807) is 0 Å². The normalized spacial score (nSPS) is 20.2. The van der Waals surface area contributed by atoms with Gasteiger partial charge in [0.25, 0.3) is 0 Å². The Kier molecular flexibility index (Phi) is 3.71. The van der Waals surface area contributed by atoms with E-state index in [9.17, 15) is 4.79 Å². The van der Waals surface area contributed by atoms with E-state index < -0.39 is 0 Å². The minimum Gasteiger partial charge on any atom is -0.444 e. The Labute approximate surface area is 108 Å². The number of likely N-dealkylation sites (tertiary alicyclic amines) is 1. The summed E-state index contributed by atoms with van der Waals surface area (Å²) in [5.74, 6) is 1.61. The van der Waals surface area contributed by atoms with Gasteiger partial charge in [0.1, 0.15) is 5.76 Å². The molecule has 1 unspecified atom stereocenters. The van der Waals surface area contributed by atoms with Crippen LogP contribution in [0.5, 0.6) is 0 Å². The van der Waals surface area contributed by atoms with Crippen molar-refractivity contribution in [2.75, 3.05) is 6.54 Å². The molecule has 1 amide bonds. The topological polar surface area (TPSA) is 58.4 Å². The number of hydrogen-bond donors (Lipinski definition) is 1. The summed E-state index contributed by atoms with van der Waals surface area (Å²) in [6.45, 7) is 9.15. The average molecular weight is 251 g/mol. The Hall–Kier alpha value is -1.36. The second-order valence-corrected chi connectivity index (χ2v) is 5.17. The van der Waals surface area contributed by atoms with Gasteiger partial charge in [-0.2, -0.15) is 0 Å². The summed E-state index contributed by atoms with van der Waals surface area (Å²) in [6, 6.07) is 0.271. The Morgan fingerprint density at radius 3 is 2.78 bits per heavy atom. The number of aromatic nitrogens is 1. The van der Waals surface area contributed by atoms with Crippen molar-refractivity contribution in [1.82, 2.24) is 15.2 Å². The Bertz CT molecular complexity index is 420. The highest BCUT2D eigenvalue weighted by atomic mass is 16.4. The summed E-state index contributed by atoms with van der Waals surface area (Å²) >= 11 is 0. The quantitative estimate of drug-likeness (QED) is 0.878. The minimum atomic E-state index is -0.0536. The predicted molar refractivity (Wildman–Crippen MR) is 68.1 cm³/mol. The molecule has 1 aromatic heterocycles.